The first-order chi connectivity index (χ1) is 6.38. The van der Waals surface area contributed by atoms with Gasteiger partial charge in [0.2, 0.25) is 0 Å². The van der Waals surface area contributed by atoms with Gasteiger partial charge in [-0.1, -0.05) is 17.7 Å². The third kappa shape index (κ3) is 3.06. The zero-order valence-corrected chi connectivity index (χ0v) is 8.00. The van der Waals surface area contributed by atoms with Crippen LogP contribution in [0.5, 0.6) is 0 Å². The number of hydrogen-bond acceptors (Lipinski definition) is 1. The Morgan fingerprint density at radius 2 is 2.46 bits per heavy atom. The van der Waals surface area contributed by atoms with Gasteiger partial charge in [-0.15, -0.1) is 12.3 Å². The van der Waals surface area contributed by atoms with Crippen LogP contribution in [0, 0.1) is 5.92 Å². The van der Waals surface area contributed by atoms with Gasteiger partial charge < -0.3 is 5.73 Å². The maximum atomic E-state index is 5.48. The van der Waals surface area contributed by atoms with Crippen molar-refractivity contribution < 1.29 is 0 Å². The van der Waals surface area contributed by atoms with Crippen LogP contribution in [-0.2, 0) is 0 Å². The molecule has 0 fully saturated rings. The molecule has 0 radical (unpaired) electrons. The van der Waals surface area contributed by atoms with E-state index in [2.05, 4.69) is 24.5 Å². The van der Waals surface area contributed by atoms with Crippen molar-refractivity contribution in [2.45, 2.75) is 19.3 Å². The molecule has 13 heavy (non-hydrogen) atoms. The normalized spacial score (nSPS) is 20.1. The fraction of sp³-hybridized carbons (Fsp3) is 0.417. The molecule has 0 spiro atoms. The Bertz CT molecular complexity index is 254. The number of hydrogen-bond donors (Lipinski definition) is 1. The molecule has 1 nitrogen and oxygen atoms in total. The van der Waals surface area contributed by atoms with E-state index in [0.717, 1.165) is 25.8 Å². The predicted octanol–water partition coefficient (Wildman–Crippen LogP) is 2.57. The van der Waals surface area contributed by atoms with Crippen LogP contribution in [-0.4, -0.2) is 6.54 Å². The molecule has 0 aromatic carbocycles. The third-order valence-electron chi connectivity index (χ3n) is 2.26. The Morgan fingerprint density at radius 1 is 1.62 bits per heavy atom. The van der Waals surface area contributed by atoms with E-state index < -0.39 is 0 Å². The lowest BCUT2D eigenvalue weighted by atomic mass is 9.90. The molecule has 2 N–H and O–H groups in total. The quantitative estimate of drug-likeness (QED) is 0.504. The first-order valence-corrected chi connectivity index (χ1v) is 4.81. The number of nitrogens with two attached hydrogens (primary N) is 1. The van der Waals surface area contributed by atoms with Crippen molar-refractivity contribution >= 4 is 0 Å². The lowest BCUT2D eigenvalue weighted by molar-refractivity contribution is 0.691. The molecule has 1 aliphatic rings. The Morgan fingerprint density at radius 3 is 3.15 bits per heavy atom. The average Bonchev–Trinajstić information content (AvgIpc) is 2.17. The minimum atomic E-state index is 0.508. The minimum Gasteiger partial charge on any atom is -0.330 e. The molecule has 0 aliphatic heterocycles. The van der Waals surface area contributed by atoms with Gasteiger partial charge in [0.15, 0.2) is 0 Å². The average molecular weight is 175 g/mol. The highest BCUT2D eigenvalue weighted by molar-refractivity contribution is 5.24. The largest absolute Gasteiger partial charge is 0.330 e. The van der Waals surface area contributed by atoms with Crippen molar-refractivity contribution in [3.8, 4) is 0 Å². The molecule has 0 aromatic rings. The molecule has 0 heterocycles. The van der Waals surface area contributed by atoms with Gasteiger partial charge in [-0.05, 0) is 38.0 Å². The molecule has 0 amide bonds. The van der Waals surface area contributed by atoms with Gasteiger partial charge in [-0.3, -0.25) is 0 Å². The highest BCUT2D eigenvalue weighted by atomic mass is 14.5. The Hall–Kier alpha value is -1.04. The first-order valence-electron chi connectivity index (χ1n) is 4.81. The molecule has 1 aliphatic carbocycles. The predicted molar refractivity (Wildman–Crippen MR) is 57.3 cm³/mol. The van der Waals surface area contributed by atoms with Crippen molar-refractivity contribution in [2.75, 3.05) is 6.54 Å². The van der Waals surface area contributed by atoms with Gasteiger partial charge in [0.05, 0.1) is 0 Å². The van der Waals surface area contributed by atoms with Crippen LogP contribution in [0.3, 0.4) is 0 Å². The fourth-order valence-electron chi connectivity index (χ4n) is 1.53. The molecular formula is C12H17N. The fourth-order valence-corrected chi connectivity index (χ4v) is 1.53. The molecule has 1 rings (SSSR count). The maximum Gasteiger partial charge on any atom is 0.00904 e. The molecule has 1 atom stereocenters. The van der Waals surface area contributed by atoms with E-state index in [-0.39, 0.29) is 0 Å². The highest BCUT2D eigenvalue weighted by Gasteiger charge is 2.09. The van der Waals surface area contributed by atoms with E-state index >= 15 is 0 Å². The van der Waals surface area contributed by atoms with Crippen molar-refractivity contribution in [3.05, 3.63) is 42.2 Å². The summed E-state index contributed by atoms with van der Waals surface area (Å²) in [6.45, 7) is 4.53. The van der Waals surface area contributed by atoms with E-state index in [0.29, 0.717) is 5.92 Å². The molecule has 0 aromatic heterocycles. The lowest BCUT2D eigenvalue weighted by Gasteiger charge is -2.15. The second kappa shape index (κ2) is 5.58. The van der Waals surface area contributed by atoms with Crippen molar-refractivity contribution in [3.63, 3.8) is 0 Å². The summed E-state index contributed by atoms with van der Waals surface area (Å²) in [6, 6.07) is 0. The summed E-state index contributed by atoms with van der Waals surface area (Å²) in [4.78, 5) is 0. The van der Waals surface area contributed by atoms with Crippen LogP contribution in [0.1, 0.15) is 19.3 Å². The maximum absolute atomic E-state index is 5.48. The van der Waals surface area contributed by atoms with Crippen LogP contribution in [0.2, 0.25) is 0 Å². The van der Waals surface area contributed by atoms with Crippen LogP contribution < -0.4 is 5.73 Å². The van der Waals surface area contributed by atoms with Gasteiger partial charge in [0.1, 0.15) is 0 Å². The van der Waals surface area contributed by atoms with Gasteiger partial charge in [-0.2, -0.15) is 0 Å². The zero-order valence-electron chi connectivity index (χ0n) is 8.00. The number of rotatable bonds is 5. The standard InChI is InChI=1S/C12H17N/c1-2-6-11-7-3-4-8-12(11)9-5-10-13/h2,4,7-8,11H,1,5-6,9-10,13H2. The monoisotopic (exact) mass is 175 g/mol. The summed E-state index contributed by atoms with van der Waals surface area (Å²) < 4.78 is 0. The highest BCUT2D eigenvalue weighted by Crippen LogP contribution is 2.23. The van der Waals surface area contributed by atoms with Crippen molar-refractivity contribution in [2.24, 2.45) is 11.7 Å². The summed E-state index contributed by atoms with van der Waals surface area (Å²) in [5.74, 6) is 0.508. The number of allylic oxidation sites excluding steroid dienone is 4. The van der Waals surface area contributed by atoms with Crippen LogP contribution in [0.15, 0.2) is 42.2 Å². The third-order valence-corrected chi connectivity index (χ3v) is 2.26. The second-order valence-electron chi connectivity index (χ2n) is 3.26. The van der Waals surface area contributed by atoms with Gasteiger partial charge in [-0.25, -0.2) is 0 Å². The minimum absolute atomic E-state index is 0.508. The summed E-state index contributed by atoms with van der Waals surface area (Å²) in [5.41, 5.74) is 10.1. The molecule has 0 saturated heterocycles. The summed E-state index contributed by atoms with van der Waals surface area (Å²) in [5, 5.41) is 0. The molecule has 0 bridgehead atoms. The molecule has 70 valence electrons. The van der Waals surface area contributed by atoms with Gasteiger partial charge in [0, 0.05) is 5.92 Å². The summed E-state index contributed by atoms with van der Waals surface area (Å²) >= 11 is 0. The van der Waals surface area contributed by atoms with Crippen LogP contribution in [0.25, 0.3) is 0 Å². The second-order valence-corrected chi connectivity index (χ2v) is 3.26. The van der Waals surface area contributed by atoms with Crippen molar-refractivity contribution in [1.82, 2.24) is 0 Å². The lowest BCUT2D eigenvalue weighted by Crippen LogP contribution is -2.05. The Kier molecular flexibility index (Phi) is 4.31. The van der Waals surface area contributed by atoms with Gasteiger partial charge in [0.25, 0.3) is 0 Å². The molecule has 1 heteroatoms. The van der Waals surface area contributed by atoms with Crippen LogP contribution in [0.4, 0.5) is 0 Å². The smallest absolute Gasteiger partial charge is 0.00904 e. The Balaban J connectivity index is 2.55. The van der Waals surface area contributed by atoms with E-state index in [1.54, 1.807) is 0 Å². The molecular weight excluding hydrogens is 158 g/mol. The molecule has 0 saturated carbocycles. The van der Waals surface area contributed by atoms with Crippen molar-refractivity contribution in [1.29, 1.82) is 0 Å². The summed E-state index contributed by atoms with van der Waals surface area (Å²) in [6.07, 6.45) is 11.4. The summed E-state index contributed by atoms with van der Waals surface area (Å²) in [7, 11) is 0. The van der Waals surface area contributed by atoms with Crippen LogP contribution >= 0.6 is 0 Å². The van der Waals surface area contributed by atoms with E-state index in [9.17, 15) is 0 Å². The Labute approximate surface area is 80.3 Å². The van der Waals surface area contributed by atoms with Gasteiger partial charge >= 0.3 is 0 Å². The topological polar surface area (TPSA) is 26.0 Å². The molecule has 1 unspecified atom stereocenters. The van der Waals surface area contributed by atoms with E-state index in [1.807, 2.05) is 12.2 Å². The van der Waals surface area contributed by atoms with E-state index in [1.165, 1.54) is 5.57 Å². The van der Waals surface area contributed by atoms with E-state index in [4.69, 9.17) is 5.73 Å². The first kappa shape index (κ1) is 10.0. The SMILES string of the molecule is C=CCC1C=C=CC=C1CCCN. The zero-order chi connectivity index (χ0) is 9.52.